The fourth-order valence-corrected chi connectivity index (χ4v) is 4.50. The van der Waals surface area contributed by atoms with Gasteiger partial charge in [-0.15, -0.1) is 0 Å². The number of anilines is 1. The molecule has 25 heavy (non-hydrogen) atoms. The molecule has 0 aromatic heterocycles. The van der Waals surface area contributed by atoms with Gasteiger partial charge in [-0.3, -0.25) is 4.90 Å². The van der Waals surface area contributed by atoms with E-state index in [1.54, 1.807) is 0 Å². The van der Waals surface area contributed by atoms with Crippen molar-refractivity contribution in [1.29, 1.82) is 0 Å². The molecule has 2 aliphatic heterocycles. The van der Waals surface area contributed by atoms with Crippen LogP contribution in [0.25, 0.3) is 0 Å². The molecule has 0 spiro atoms. The molecular formula is C17H25F2N3O2S. The zero-order valence-corrected chi connectivity index (χ0v) is 15.2. The molecule has 0 radical (unpaired) electrons. The molecule has 1 aromatic carbocycles. The number of benzene rings is 1. The van der Waals surface area contributed by atoms with Crippen LogP contribution in [0.4, 0.5) is 14.5 Å². The third kappa shape index (κ3) is 4.48. The Balaban J connectivity index is 1.70. The van der Waals surface area contributed by atoms with Gasteiger partial charge in [-0.05, 0) is 51.4 Å². The lowest BCUT2D eigenvalue weighted by Gasteiger charge is -2.40. The molecule has 1 atom stereocenters. The van der Waals surface area contributed by atoms with Gasteiger partial charge in [-0.2, -0.15) is 0 Å². The number of hydrogen-bond acceptors (Lipinski definition) is 5. The Morgan fingerprint density at radius 1 is 1.16 bits per heavy atom. The average molecular weight is 373 g/mol. The quantitative estimate of drug-likeness (QED) is 0.845. The summed E-state index contributed by atoms with van der Waals surface area (Å²) < 4.78 is 51.3. The lowest BCUT2D eigenvalue weighted by molar-refractivity contribution is 0.128. The van der Waals surface area contributed by atoms with E-state index in [1.807, 2.05) is 0 Å². The van der Waals surface area contributed by atoms with Crippen molar-refractivity contribution >= 4 is 15.5 Å². The van der Waals surface area contributed by atoms with Crippen molar-refractivity contribution in [2.75, 3.05) is 37.8 Å². The van der Waals surface area contributed by atoms with E-state index in [-0.39, 0.29) is 11.7 Å². The maximum Gasteiger partial charge on any atom is 0.178 e. The summed E-state index contributed by atoms with van der Waals surface area (Å²) in [6.07, 6.45) is 4.98. The number of hydrogen-bond donors (Lipinski definition) is 2. The molecule has 0 unspecified atom stereocenters. The van der Waals surface area contributed by atoms with E-state index >= 15 is 0 Å². The largest absolute Gasteiger partial charge is 0.379 e. The second-order valence-electron chi connectivity index (χ2n) is 6.99. The first-order chi connectivity index (χ1) is 11.8. The first-order valence-electron chi connectivity index (χ1n) is 8.75. The molecule has 1 aromatic rings. The minimum Gasteiger partial charge on any atom is -0.379 e. The molecule has 0 aliphatic carbocycles. The molecule has 5 nitrogen and oxygen atoms in total. The summed E-state index contributed by atoms with van der Waals surface area (Å²) in [6, 6.07) is 2.29. The molecule has 3 rings (SSSR count). The van der Waals surface area contributed by atoms with Crippen LogP contribution in [0.2, 0.25) is 0 Å². The van der Waals surface area contributed by atoms with Gasteiger partial charge in [0.1, 0.15) is 16.5 Å². The van der Waals surface area contributed by atoms with Crippen LogP contribution in [0, 0.1) is 11.6 Å². The van der Waals surface area contributed by atoms with Gasteiger partial charge in [0.15, 0.2) is 9.84 Å². The second kappa shape index (κ2) is 7.55. The van der Waals surface area contributed by atoms with Crippen molar-refractivity contribution in [2.24, 2.45) is 0 Å². The highest BCUT2D eigenvalue weighted by molar-refractivity contribution is 7.90. The lowest BCUT2D eigenvalue weighted by Crippen LogP contribution is -2.50. The Hall–Kier alpha value is -1.25. The smallest absolute Gasteiger partial charge is 0.178 e. The predicted molar refractivity (Wildman–Crippen MR) is 93.6 cm³/mol. The molecule has 2 heterocycles. The van der Waals surface area contributed by atoms with Crippen LogP contribution in [-0.2, 0) is 9.84 Å². The van der Waals surface area contributed by atoms with E-state index in [0.717, 1.165) is 70.3 Å². The summed E-state index contributed by atoms with van der Waals surface area (Å²) in [5, 5.41) is 6.42. The Labute approximate surface area is 147 Å². The van der Waals surface area contributed by atoms with Gasteiger partial charge >= 0.3 is 0 Å². The number of rotatable bonds is 4. The lowest BCUT2D eigenvalue weighted by atomic mass is 9.98. The standard InChI is InChI=1S/C17H25F2N3O2S/c1-25(23,24)17-10-14(18)16(9-15(17)19)21-12-3-2-8-22(11-12)13-4-6-20-7-5-13/h9-10,12-13,20-21H,2-8,11H2,1H3/t12-/m0/s1. The first-order valence-corrected chi connectivity index (χ1v) is 10.6. The molecule has 2 saturated heterocycles. The summed E-state index contributed by atoms with van der Waals surface area (Å²) in [6.45, 7) is 3.87. The van der Waals surface area contributed by atoms with Gasteiger partial charge < -0.3 is 10.6 Å². The Bertz CT molecular complexity index is 721. The minimum atomic E-state index is -3.79. The van der Waals surface area contributed by atoms with Crippen molar-refractivity contribution < 1.29 is 17.2 Å². The molecule has 140 valence electrons. The third-order valence-electron chi connectivity index (χ3n) is 5.06. The van der Waals surface area contributed by atoms with Gasteiger partial charge in [0.25, 0.3) is 0 Å². The van der Waals surface area contributed by atoms with Gasteiger partial charge in [0.2, 0.25) is 0 Å². The molecule has 2 aliphatic rings. The summed E-state index contributed by atoms with van der Waals surface area (Å²) in [5.74, 6) is -1.65. The van der Waals surface area contributed by atoms with E-state index in [1.165, 1.54) is 0 Å². The number of nitrogens with one attached hydrogen (secondary N) is 2. The predicted octanol–water partition coefficient (Wildman–Crippen LogP) is 2.00. The molecule has 0 saturated carbocycles. The molecule has 2 N–H and O–H groups in total. The molecular weight excluding hydrogens is 348 g/mol. The molecule has 0 amide bonds. The van der Waals surface area contributed by atoms with Gasteiger partial charge in [-0.25, -0.2) is 17.2 Å². The normalized spacial score (nSPS) is 23.6. The minimum absolute atomic E-state index is 0.0293. The highest BCUT2D eigenvalue weighted by Crippen LogP contribution is 2.26. The van der Waals surface area contributed by atoms with E-state index in [4.69, 9.17) is 0 Å². The van der Waals surface area contributed by atoms with Crippen molar-refractivity contribution in [3.63, 3.8) is 0 Å². The average Bonchev–Trinajstić information content (AvgIpc) is 2.58. The highest BCUT2D eigenvalue weighted by atomic mass is 32.2. The van der Waals surface area contributed by atoms with Crippen LogP contribution < -0.4 is 10.6 Å². The number of sulfone groups is 1. The fraction of sp³-hybridized carbons (Fsp3) is 0.647. The van der Waals surface area contributed by atoms with Crippen molar-refractivity contribution in [2.45, 2.75) is 42.7 Å². The fourth-order valence-electron chi connectivity index (χ4n) is 3.77. The topological polar surface area (TPSA) is 61.4 Å². The summed E-state index contributed by atoms with van der Waals surface area (Å²) >= 11 is 0. The maximum atomic E-state index is 14.3. The van der Waals surface area contributed by atoms with E-state index < -0.39 is 26.4 Å². The summed E-state index contributed by atoms with van der Waals surface area (Å²) in [7, 11) is -3.79. The second-order valence-corrected chi connectivity index (χ2v) is 8.98. The van der Waals surface area contributed by atoms with Crippen molar-refractivity contribution in [3.05, 3.63) is 23.8 Å². The monoisotopic (exact) mass is 373 g/mol. The Morgan fingerprint density at radius 3 is 2.56 bits per heavy atom. The van der Waals surface area contributed by atoms with Crippen LogP contribution in [0.5, 0.6) is 0 Å². The van der Waals surface area contributed by atoms with E-state index in [9.17, 15) is 17.2 Å². The molecule has 2 fully saturated rings. The first kappa shape index (κ1) is 18.5. The SMILES string of the molecule is CS(=O)(=O)c1cc(F)c(N[C@H]2CCCN(C3CCNCC3)C2)cc1F. The van der Waals surface area contributed by atoms with E-state index in [2.05, 4.69) is 15.5 Å². The number of likely N-dealkylation sites (tertiary alicyclic amines) is 1. The molecule has 0 bridgehead atoms. The summed E-state index contributed by atoms with van der Waals surface area (Å²) in [5.41, 5.74) is 0.0297. The summed E-state index contributed by atoms with van der Waals surface area (Å²) in [4.78, 5) is 1.83. The third-order valence-corrected chi connectivity index (χ3v) is 6.17. The van der Waals surface area contributed by atoms with Gasteiger partial charge in [0.05, 0.1) is 5.69 Å². The van der Waals surface area contributed by atoms with Crippen molar-refractivity contribution in [3.8, 4) is 0 Å². The van der Waals surface area contributed by atoms with Crippen LogP contribution in [0.1, 0.15) is 25.7 Å². The number of nitrogens with zero attached hydrogens (tertiary/aromatic N) is 1. The van der Waals surface area contributed by atoms with Crippen molar-refractivity contribution in [1.82, 2.24) is 10.2 Å². The van der Waals surface area contributed by atoms with Crippen LogP contribution >= 0.6 is 0 Å². The van der Waals surface area contributed by atoms with Gasteiger partial charge in [-0.1, -0.05) is 0 Å². The van der Waals surface area contributed by atoms with Gasteiger partial charge in [0, 0.05) is 31.0 Å². The molecule has 8 heteroatoms. The van der Waals surface area contributed by atoms with E-state index in [0.29, 0.717) is 6.04 Å². The zero-order chi connectivity index (χ0) is 18.0. The van der Waals surface area contributed by atoms with Crippen LogP contribution in [0.3, 0.4) is 0 Å². The van der Waals surface area contributed by atoms with Crippen LogP contribution in [0.15, 0.2) is 17.0 Å². The number of piperidine rings is 2. The highest BCUT2D eigenvalue weighted by Gasteiger charge is 2.27. The Kier molecular flexibility index (Phi) is 5.60. The zero-order valence-electron chi connectivity index (χ0n) is 14.4. The van der Waals surface area contributed by atoms with Crippen LogP contribution in [-0.4, -0.2) is 57.8 Å². The Morgan fingerprint density at radius 2 is 1.88 bits per heavy atom. The number of halogens is 2. The maximum absolute atomic E-state index is 14.3.